The number of carbonyl (C=O) groups is 2. The average Bonchev–Trinajstić information content (AvgIpc) is 3.50. The standard InChI is InChI=1S/C24H26N4O3/c1-25-23(30)24(12-14-28(16-24)22(29)20-11-13-26-27-20)15-17-7-9-18(10-8-17)19-5-3-4-6-21(19)31-2/h3-11,13H,12,14-16H2,1-2H3,(H,25,30)(H,26,27)/t24-/m1/s1. The van der Waals surface area contributed by atoms with Gasteiger partial charge in [-0.3, -0.25) is 14.7 Å². The molecule has 7 heteroatoms. The molecule has 1 aliphatic heterocycles. The Morgan fingerprint density at radius 1 is 1.16 bits per heavy atom. The van der Waals surface area contributed by atoms with Gasteiger partial charge in [-0.25, -0.2) is 0 Å². The zero-order valence-corrected chi connectivity index (χ0v) is 17.7. The second-order valence-electron chi connectivity index (χ2n) is 7.88. The van der Waals surface area contributed by atoms with Gasteiger partial charge in [-0.2, -0.15) is 5.10 Å². The Balaban J connectivity index is 1.55. The van der Waals surface area contributed by atoms with Crippen molar-refractivity contribution in [2.24, 2.45) is 5.41 Å². The number of amides is 2. The van der Waals surface area contributed by atoms with Gasteiger partial charge in [0.25, 0.3) is 5.91 Å². The number of benzene rings is 2. The molecule has 2 heterocycles. The maximum Gasteiger partial charge on any atom is 0.271 e. The number of aromatic amines is 1. The number of para-hydroxylation sites is 1. The summed E-state index contributed by atoms with van der Waals surface area (Å²) < 4.78 is 5.47. The minimum Gasteiger partial charge on any atom is -0.496 e. The molecule has 1 aliphatic rings. The number of methoxy groups -OCH3 is 1. The number of likely N-dealkylation sites (tertiary alicyclic amines) is 1. The zero-order chi connectivity index (χ0) is 21.8. The first-order valence-electron chi connectivity index (χ1n) is 10.3. The Morgan fingerprint density at radius 3 is 2.61 bits per heavy atom. The van der Waals surface area contributed by atoms with Crippen molar-refractivity contribution in [1.82, 2.24) is 20.4 Å². The van der Waals surface area contributed by atoms with Crippen LogP contribution < -0.4 is 10.1 Å². The smallest absolute Gasteiger partial charge is 0.271 e. The molecule has 0 spiro atoms. The fraction of sp³-hybridized carbons (Fsp3) is 0.292. The molecule has 3 aromatic rings. The summed E-state index contributed by atoms with van der Waals surface area (Å²) in [6.45, 7) is 0.906. The molecule has 1 aromatic heterocycles. The van der Waals surface area contributed by atoms with Gasteiger partial charge in [0.15, 0.2) is 0 Å². The van der Waals surface area contributed by atoms with Crippen molar-refractivity contribution in [3.8, 4) is 16.9 Å². The highest BCUT2D eigenvalue weighted by molar-refractivity contribution is 5.93. The number of H-pyrrole nitrogens is 1. The van der Waals surface area contributed by atoms with E-state index in [1.54, 1.807) is 31.3 Å². The average molecular weight is 418 g/mol. The van der Waals surface area contributed by atoms with Crippen molar-refractivity contribution in [3.63, 3.8) is 0 Å². The number of nitrogens with one attached hydrogen (secondary N) is 2. The minimum atomic E-state index is -0.656. The van der Waals surface area contributed by atoms with Crippen LogP contribution in [0.5, 0.6) is 5.75 Å². The third-order valence-electron chi connectivity index (χ3n) is 6.00. The lowest BCUT2D eigenvalue weighted by Gasteiger charge is -2.27. The Bertz CT molecular complexity index is 1060. The van der Waals surface area contributed by atoms with Crippen LogP contribution in [0.3, 0.4) is 0 Å². The lowest BCUT2D eigenvalue weighted by molar-refractivity contribution is -0.129. The van der Waals surface area contributed by atoms with E-state index >= 15 is 0 Å². The maximum absolute atomic E-state index is 12.9. The Morgan fingerprint density at radius 2 is 1.94 bits per heavy atom. The SMILES string of the molecule is CNC(=O)[C@@]1(Cc2ccc(-c3ccccc3OC)cc2)CCN(C(=O)c2ccn[nH]2)C1. The topological polar surface area (TPSA) is 87.3 Å². The second-order valence-corrected chi connectivity index (χ2v) is 7.88. The molecule has 2 N–H and O–H groups in total. The highest BCUT2D eigenvalue weighted by Gasteiger charge is 2.45. The van der Waals surface area contributed by atoms with Crippen LogP contribution in [0.2, 0.25) is 0 Å². The molecule has 1 fully saturated rings. The second kappa shape index (κ2) is 8.63. The van der Waals surface area contributed by atoms with Crippen LogP contribution in [0.15, 0.2) is 60.8 Å². The molecule has 0 radical (unpaired) electrons. The summed E-state index contributed by atoms with van der Waals surface area (Å²) in [6, 6.07) is 17.7. The summed E-state index contributed by atoms with van der Waals surface area (Å²) in [5.74, 6) is 0.650. The fourth-order valence-electron chi connectivity index (χ4n) is 4.34. The van der Waals surface area contributed by atoms with E-state index in [0.29, 0.717) is 31.6 Å². The molecule has 31 heavy (non-hydrogen) atoms. The monoisotopic (exact) mass is 418 g/mol. The predicted octanol–water partition coefficient (Wildman–Crippen LogP) is 2.91. The molecule has 7 nitrogen and oxygen atoms in total. The molecule has 160 valence electrons. The normalized spacial score (nSPS) is 18.1. The van der Waals surface area contributed by atoms with Gasteiger partial charge in [-0.15, -0.1) is 0 Å². The summed E-state index contributed by atoms with van der Waals surface area (Å²) in [7, 11) is 3.31. The molecule has 0 bridgehead atoms. The van der Waals surface area contributed by atoms with Crippen molar-refractivity contribution >= 4 is 11.8 Å². The van der Waals surface area contributed by atoms with Gasteiger partial charge < -0.3 is 15.0 Å². The van der Waals surface area contributed by atoms with E-state index in [1.165, 1.54) is 0 Å². The molecule has 4 rings (SSSR count). The van der Waals surface area contributed by atoms with Gasteiger partial charge in [-0.1, -0.05) is 42.5 Å². The van der Waals surface area contributed by atoms with Crippen LogP contribution in [0.4, 0.5) is 0 Å². The van der Waals surface area contributed by atoms with Gasteiger partial charge in [0, 0.05) is 31.9 Å². The van der Waals surface area contributed by atoms with Gasteiger partial charge in [0.2, 0.25) is 5.91 Å². The van der Waals surface area contributed by atoms with E-state index < -0.39 is 5.41 Å². The van der Waals surface area contributed by atoms with Crippen molar-refractivity contribution < 1.29 is 14.3 Å². The van der Waals surface area contributed by atoms with Crippen molar-refractivity contribution in [2.45, 2.75) is 12.8 Å². The molecule has 0 saturated carbocycles. The third-order valence-corrected chi connectivity index (χ3v) is 6.00. The van der Waals surface area contributed by atoms with E-state index in [1.807, 2.05) is 48.5 Å². The number of nitrogens with zero attached hydrogens (tertiary/aromatic N) is 2. The van der Waals surface area contributed by atoms with E-state index in [4.69, 9.17) is 4.74 Å². The van der Waals surface area contributed by atoms with Gasteiger partial charge >= 0.3 is 0 Å². The summed E-state index contributed by atoms with van der Waals surface area (Å²) in [6.07, 6.45) is 2.73. The Labute approximate surface area is 181 Å². The maximum atomic E-state index is 12.9. The Hall–Kier alpha value is -3.61. The van der Waals surface area contributed by atoms with Gasteiger partial charge in [-0.05, 0) is 36.1 Å². The number of rotatable bonds is 6. The number of carbonyl (C=O) groups excluding carboxylic acids is 2. The molecule has 0 aliphatic carbocycles. The van der Waals surface area contributed by atoms with Crippen molar-refractivity contribution in [3.05, 3.63) is 72.1 Å². The van der Waals surface area contributed by atoms with Crippen LogP contribution >= 0.6 is 0 Å². The predicted molar refractivity (Wildman–Crippen MR) is 118 cm³/mol. The van der Waals surface area contributed by atoms with E-state index in [-0.39, 0.29) is 11.8 Å². The quantitative estimate of drug-likeness (QED) is 0.644. The summed E-state index contributed by atoms with van der Waals surface area (Å²) in [5.41, 5.74) is 2.91. The summed E-state index contributed by atoms with van der Waals surface area (Å²) in [4.78, 5) is 27.3. The fourth-order valence-corrected chi connectivity index (χ4v) is 4.34. The van der Waals surface area contributed by atoms with Crippen LogP contribution in [-0.2, 0) is 11.2 Å². The number of ether oxygens (including phenoxy) is 1. The Kier molecular flexibility index (Phi) is 5.75. The van der Waals surface area contributed by atoms with Crippen LogP contribution in [0.1, 0.15) is 22.5 Å². The zero-order valence-electron chi connectivity index (χ0n) is 17.7. The van der Waals surface area contributed by atoms with E-state index in [2.05, 4.69) is 15.5 Å². The lowest BCUT2D eigenvalue weighted by atomic mass is 9.79. The highest BCUT2D eigenvalue weighted by atomic mass is 16.5. The summed E-state index contributed by atoms with van der Waals surface area (Å²) in [5, 5.41) is 9.37. The molecule has 1 atom stereocenters. The first-order chi connectivity index (χ1) is 15.1. The molecule has 2 aromatic carbocycles. The van der Waals surface area contributed by atoms with Gasteiger partial charge in [0.1, 0.15) is 11.4 Å². The lowest BCUT2D eigenvalue weighted by Crippen LogP contribution is -2.44. The largest absolute Gasteiger partial charge is 0.496 e. The van der Waals surface area contributed by atoms with Crippen LogP contribution in [0.25, 0.3) is 11.1 Å². The molecule has 1 saturated heterocycles. The molecular formula is C24H26N4O3. The van der Waals surface area contributed by atoms with Crippen LogP contribution in [0, 0.1) is 5.41 Å². The van der Waals surface area contributed by atoms with Crippen molar-refractivity contribution in [1.29, 1.82) is 0 Å². The minimum absolute atomic E-state index is 0.0405. The van der Waals surface area contributed by atoms with E-state index in [9.17, 15) is 9.59 Å². The number of hydrogen-bond acceptors (Lipinski definition) is 4. The molecular weight excluding hydrogens is 392 g/mol. The van der Waals surface area contributed by atoms with E-state index in [0.717, 1.165) is 22.4 Å². The van der Waals surface area contributed by atoms with Crippen LogP contribution in [-0.4, -0.2) is 54.2 Å². The third kappa shape index (κ3) is 4.03. The first-order valence-corrected chi connectivity index (χ1v) is 10.3. The summed E-state index contributed by atoms with van der Waals surface area (Å²) >= 11 is 0. The van der Waals surface area contributed by atoms with Crippen molar-refractivity contribution in [2.75, 3.05) is 27.2 Å². The number of aromatic nitrogens is 2. The van der Waals surface area contributed by atoms with Gasteiger partial charge in [0.05, 0.1) is 12.5 Å². The molecule has 2 amide bonds. The first kappa shape index (κ1) is 20.7. The highest BCUT2D eigenvalue weighted by Crippen LogP contribution is 2.36. The molecule has 0 unspecified atom stereocenters. The number of hydrogen-bond donors (Lipinski definition) is 2.